The fraction of sp³-hybridized carbons (Fsp3) is 0.188. The van der Waals surface area contributed by atoms with E-state index >= 15 is 0 Å². The van der Waals surface area contributed by atoms with Crippen LogP contribution in [0.2, 0.25) is 0 Å². The summed E-state index contributed by atoms with van der Waals surface area (Å²) in [5.41, 5.74) is 2.84. The van der Waals surface area contributed by atoms with Crippen molar-refractivity contribution < 1.29 is 52.9 Å². The minimum absolute atomic E-state index is 0.00914. The molecule has 0 aliphatic carbocycles. The molecule has 0 spiro atoms. The topological polar surface area (TPSA) is 253 Å². The van der Waals surface area contributed by atoms with Crippen molar-refractivity contribution in [2.45, 2.75) is 56.8 Å². The van der Waals surface area contributed by atoms with Crippen molar-refractivity contribution in [2.24, 2.45) is 0 Å². The first-order chi connectivity index (χ1) is 31.6. The largest absolute Gasteiger partial charge is 0.524 e. The van der Waals surface area contributed by atoms with Crippen molar-refractivity contribution in [3.05, 3.63) is 174 Å². The molecule has 16 nitrogen and oxygen atoms in total. The van der Waals surface area contributed by atoms with E-state index in [0.29, 0.717) is 16.7 Å². The van der Waals surface area contributed by atoms with Crippen LogP contribution < -0.4 is 36.6 Å². The van der Waals surface area contributed by atoms with Crippen LogP contribution in [0.3, 0.4) is 0 Å². The van der Waals surface area contributed by atoms with Crippen LogP contribution in [0.15, 0.2) is 152 Å². The number of hydrogen-bond donors (Lipinski definition) is 9. The molecule has 6 aromatic carbocycles. The number of carbonyl (C=O) groups excluding carboxylic acids is 5. The summed E-state index contributed by atoms with van der Waals surface area (Å²) in [4.78, 5) is 88.1. The van der Waals surface area contributed by atoms with Gasteiger partial charge in [-0.2, -0.15) is 0 Å². The minimum atomic E-state index is -4.87. The van der Waals surface area contributed by atoms with Gasteiger partial charge in [0.05, 0.1) is 0 Å². The predicted molar refractivity (Wildman–Crippen MR) is 249 cm³/mol. The van der Waals surface area contributed by atoms with Crippen LogP contribution in [0.1, 0.15) is 29.2 Å². The SMILES string of the molecule is CC(=O)NC(Cc1ccc2ccccc2c1)C(=O)NC(Cc1ccccc1)C(=O)NC(Cc1ccccc1)C(=O)NC(Cc1ccc(OP(=O)(O)O)cc1)C(=O)Nc1cccc(B(O)O)c1. The molecule has 0 heterocycles. The van der Waals surface area contributed by atoms with E-state index in [1.165, 1.54) is 55.5 Å². The van der Waals surface area contributed by atoms with Crippen molar-refractivity contribution in [3.63, 3.8) is 0 Å². The summed E-state index contributed by atoms with van der Waals surface area (Å²) in [7, 11) is -6.70. The average Bonchev–Trinajstić information content (AvgIpc) is 3.28. The Balaban J connectivity index is 1.28. The molecular weight excluding hydrogens is 864 g/mol. The Morgan fingerprint density at radius 1 is 0.515 bits per heavy atom. The summed E-state index contributed by atoms with van der Waals surface area (Å²) in [5, 5.41) is 35.2. The number of hydrogen-bond acceptors (Lipinski definition) is 9. The van der Waals surface area contributed by atoms with E-state index in [0.717, 1.165) is 16.3 Å². The zero-order valence-electron chi connectivity index (χ0n) is 35.7. The lowest BCUT2D eigenvalue weighted by molar-refractivity contribution is -0.134. The van der Waals surface area contributed by atoms with Crippen LogP contribution in [-0.4, -0.2) is 80.7 Å². The first-order valence-corrected chi connectivity index (χ1v) is 22.5. The van der Waals surface area contributed by atoms with Gasteiger partial charge in [-0.15, -0.1) is 0 Å². The third kappa shape index (κ3) is 14.7. The molecule has 0 aliphatic rings. The zero-order valence-corrected chi connectivity index (χ0v) is 36.6. The maximum atomic E-state index is 14.5. The second-order valence-electron chi connectivity index (χ2n) is 15.6. The van der Waals surface area contributed by atoms with E-state index in [4.69, 9.17) is 0 Å². The summed E-state index contributed by atoms with van der Waals surface area (Å²) in [6.07, 6.45) is -0.0749. The second-order valence-corrected chi connectivity index (χ2v) is 16.8. The molecule has 66 heavy (non-hydrogen) atoms. The highest BCUT2D eigenvalue weighted by Gasteiger charge is 2.32. The molecule has 0 aromatic heterocycles. The number of phosphoric acid groups is 1. The Labute approximate surface area is 381 Å². The summed E-state index contributed by atoms with van der Waals surface area (Å²) < 4.78 is 16.1. The maximum Gasteiger partial charge on any atom is 0.524 e. The van der Waals surface area contributed by atoms with Crippen molar-refractivity contribution in [3.8, 4) is 5.75 Å². The quantitative estimate of drug-likeness (QED) is 0.0398. The molecule has 0 radical (unpaired) electrons. The number of carbonyl (C=O) groups is 5. The summed E-state index contributed by atoms with van der Waals surface area (Å²) in [5.74, 6) is -3.45. The Morgan fingerprint density at radius 2 is 0.970 bits per heavy atom. The van der Waals surface area contributed by atoms with Gasteiger partial charge in [-0.3, -0.25) is 33.8 Å². The van der Waals surface area contributed by atoms with Gasteiger partial charge in [0.1, 0.15) is 29.9 Å². The Morgan fingerprint density at radius 3 is 1.48 bits per heavy atom. The van der Waals surface area contributed by atoms with Gasteiger partial charge < -0.3 is 41.2 Å². The molecule has 6 rings (SSSR count). The van der Waals surface area contributed by atoms with Gasteiger partial charge in [0.15, 0.2) is 0 Å². The van der Waals surface area contributed by atoms with Gasteiger partial charge in [-0.1, -0.05) is 127 Å². The van der Waals surface area contributed by atoms with Gasteiger partial charge in [0, 0.05) is 38.3 Å². The van der Waals surface area contributed by atoms with E-state index in [9.17, 15) is 48.4 Å². The summed E-state index contributed by atoms with van der Waals surface area (Å²) in [6, 6.07) is 37.5. The molecule has 4 unspecified atom stereocenters. The van der Waals surface area contributed by atoms with Crippen LogP contribution in [0.4, 0.5) is 5.69 Å². The smallest absolute Gasteiger partial charge is 0.423 e. The highest BCUT2D eigenvalue weighted by molar-refractivity contribution is 7.46. The third-order valence-electron chi connectivity index (χ3n) is 10.5. The number of rotatable bonds is 20. The first-order valence-electron chi connectivity index (χ1n) is 20.9. The molecule has 6 aromatic rings. The number of anilines is 1. The van der Waals surface area contributed by atoms with Crippen LogP contribution in [0.5, 0.6) is 5.75 Å². The van der Waals surface area contributed by atoms with Crippen LogP contribution >= 0.6 is 7.82 Å². The lowest BCUT2D eigenvalue weighted by Crippen LogP contribution is -2.59. The van der Waals surface area contributed by atoms with Crippen molar-refractivity contribution >= 4 is 66.4 Å². The van der Waals surface area contributed by atoms with Crippen molar-refractivity contribution in [1.82, 2.24) is 21.3 Å². The predicted octanol–water partition coefficient (Wildman–Crippen LogP) is 2.86. The van der Waals surface area contributed by atoms with E-state index in [-0.39, 0.29) is 42.6 Å². The van der Waals surface area contributed by atoms with Crippen LogP contribution in [0.25, 0.3) is 10.8 Å². The van der Waals surface area contributed by atoms with Gasteiger partial charge in [0.2, 0.25) is 29.5 Å². The molecule has 0 saturated carbocycles. The Bertz CT molecular complexity index is 2690. The maximum absolute atomic E-state index is 14.5. The summed E-state index contributed by atoms with van der Waals surface area (Å²) in [6.45, 7) is 1.29. The molecule has 0 saturated heterocycles. The summed E-state index contributed by atoms with van der Waals surface area (Å²) >= 11 is 0. The minimum Gasteiger partial charge on any atom is -0.423 e. The van der Waals surface area contributed by atoms with Gasteiger partial charge >= 0.3 is 14.9 Å². The molecule has 4 atom stereocenters. The highest BCUT2D eigenvalue weighted by atomic mass is 31.2. The van der Waals surface area contributed by atoms with Crippen molar-refractivity contribution in [2.75, 3.05) is 5.32 Å². The lowest BCUT2D eigenvalue weighted by Gasteiger charge is -2.27. The van der Waals surface area contributed by atoms with E-state index in [1.54, 1.807) is 60.7 Å². The fourth-order valence-corrected chi connectivity index (χ4v) is 7.66. The second kappa shape index (κ2) is 22.7. The molecule has 18 heteroatoms. The first kappa shape index (κ1) is 48.3. The average molecular weight is 914 g/mol. The van der Waals surface area contributed by atoms with Gasteiger partial charge in [-0.25, -0.2) is 4.57 Å². The standard InChI is InChI=1S/C48H49BN5O11P/c1-31(55)50-41(29-35-19-22-36-15-8-9-16-37(36)25-35)46(57)53-43(26-32-11-4-2-5-12-32)48(59)54-44(27-33-13-6-3-7-14-33)47(58)52-42(28-34-20-23-40(24-21-34)65-66(62,63)64)45(56)51-39-18-10-17-38(30-39)49(60)61/h2-25,30,41-44,60-61H,26-29H2,1H3,(H,50,55)(H,51,56)(H,52,58)(H,53,57)(H,54,59)(H2,62,63,64). The van der Waals surface area contributed by atoms with Crippen molar-refractivity contribution in [1.29, 1.82) is 0 Å². The van der Waals surface area contributed by atoms with Crippen LogP contribution in [-0.2, 0) is 54.2 Å². The van der Waals surface area contributed by atoms with Gasteiger partial charge in [0.25, 0.3) is 0 Å². The monoisotopic (exact) mass is 913 g/mol. The molecule has 340 valence electrons. The van der Waals surface area contributed by atoms with E-state index < -0.39 is 68.6 Å². The number of nitrogens with one attached hydrogen (secondary N) is 5. The lowest BCUT2D eigenvalue weighted by atomic mass is 9.80. The fourth-order valence-electron chi connectivity index (χ4n) is 7.27. The third-order valence-corrected chi connectivity index (χ3v) is 10.9. The molecular formula is C48H49BN5O11P. The molecule has 0 aliphatic heterocycles. The highest BCUT2D eigenvalue weighted by Crippen LogP contribution is 2.37. The van der Waals surface area contributed by atoms with Crippen LogP contribution in [0, 0.1) is 0 Å². The van der Waals surface area contributed by atoms with E-state index in [2.05, 4.69) is 31.1 Å². The normalized spacial score (nSPS) is 13.0. The molecule has 9 N–H and O–H groups in total. The number of benzene rings is 6. The zero-order chi connectivity index (χ0) is 47.2. The van der Waals surface area contributed by atoms with E-state index in [1.807, 2.05) is 42.5 Å². The Hall–Kier alpha value is -7.14. The number of amides is 5. The molecule has 0 fully saturated rings. The molecule has 0 bridgehead atoms. The number of phosphoric ester groups is 1. The van der Waals surface area contributed by atoms with Gasteiger partial charge in [-0.05, 0) is 62.8 Å². The number of fused-ring (bicyclic) bond motifs is 1. The Kier molecular flexibility index (Phi) is 16.6. The molecule has 5 amide bonds.